The van der Waals surface area contributed by atoms with Crippen LogP contribution in [0.2, 0.25) is 0 Å². The molecule has 0 spiro atoms. The molecule has 0 atom stereocenters. The van der Waals surface area contributed by atoms with Gasteiger partial charge in [0.25, 0.3) is 5.69 Å². The van der Waals surface area contributed by atoms with E-state index in [1.54, 1.807) is 12.1 Å². The molecular formula is C10H12N2O2. The topological polar surface area (TPSA) is 69.2 Å². The van der Waals surface area contributed by atoms with Gasteiger partial charge in [-0.15, -0.1) is 0 Å². The fourth-order valence-corrected chi connectivity index (χ4v) is 1.52. The molecule has 0 unspecified atom stereocenters. The van der Waals surface area contributed by atoms with Crippen LogP contribution in [0.5, 0.6) is 0 Å². The van der Waals surface area contributed by atoms with Crippen LogP contribution in [0.3, 0.4) is 0 Å². The predicted octanol–water partition coefficient (Wildman–Crippen LogP) is 1.63. The molecule has 4 nitrogen and oxygen atoms in total. The quantitative estimate of drug-likeness (QED) is 0.584. The predicted molar refractivity (Wildman–Crippen MR) is 53.0 cm³/mol. The van der Waals surface area contributed by atoms with E-state index in [2.05, 4.69) is 0 Å². The number of rotatable bonds is 3. The zero-order valence-corrected chi connectivity index (χ0v) is 7.77. The molecule has 0 heterocycles. The van der Waals surface area contributed by atoms with Crippen LogP contribution in [-0.4, -0.2) is 10.5 Å². The first kappa shape index (κ1) is 9.15. The van der Waals surface area contributed by atoms with Crippen LogP contribution in [0.15, 0.2) is 24.3 Å². The van der Waals surface area contributed by atoms with Crippen molar-refractivity contribution in [3.63, 3.8) is 0 Å². The van der Waals surface area contributed by atoms with Gasteiger partial charge in [0.05, 0.1) is 4.92 Å². The van der Waals surface area contributed by atoms with Crippen molar-refractivity contribution < 1.29 is 4.92 Å². The smallest absolute Gasteiger partial charge is 0.269 e. The van der Waals surface area contributed by atoms with Crippen molar-refractivity contribution in [2.45, 2.75) is 24.8 Å². The monoisotopic (exact) mass is 192 g/mol. The van der Waals surface area contributed by atoms with E-state index in [4.69, 9.17) is 5.73 Å². The van der Waals surface area contributed by atoms with Crippen LogP contribution >= 0.6 is 0 Å². The number of nitrogens with two attached hydrogens (primary N) is 1. The van der Waals surface area contributed by atoms with Gasteiger partial charge in [-0.05, 0) is 24.8 Å². The molecule has 0 aliphatic heterocycles. The highest BCUT2D eigenvalue weighted by molar-refractivity contribution is 5.35. The summed E-state index contributed by atoms with van der Waals surface area (Å²) in [5.41, 5.74) is 6.95. The Morgan fingerprint density at radius 2 is 2.21 bits per heavy atom. The van der Waals surface area contributed by atoms with Crippen LogP contribution in [-0.2, 0) is 6.42 Å². The zero-order valence-electron chi connectivity index (χ0n) is 7.77. The SMILES string of the molecule is NC1(Cc2cccc([N+](=O)[O-])c2)CC1. The van der Waals surface area contributed by atoms with Gasteiger partial charge in [0, 0.05) is 17.7 Å². The lowest BCUT2D eigenvalue weighted by atomic mass is 10.0. The Hall–Kier alpha value is -1.42. The van der Waals surface area contributed by atoms with Gasteiger partial charge in [0.15, 0.2) is 0 Å². The Labute approximate surface area is 81.9 Å². The van der Waals surface area contributed by atoms with E-state index in [-0.39, 0.29) is 16.1 Å². The molecule has 1 aromatic rings. The second kappa shape index (κ2) is 3.06. The summed E-state index contributed by atoms with van der Waals surface area (Å²) in [6.07, 6.45) is 2.79. The van der Waals surface area contributed by atoms with Crippen molar-refractivity contribution in [1.29, 1.82) is 0 Å². The molecule has 0 bridgehead atoms. The molecule has 74 valence electrons. The van der Waals surface area contributed by atoms with Gasteiger partial charge in [0.2, 0.25) is 0 Å². The van der Waals surface area contributed by atoms with Crippen molar-refractivity contribution in [2.24, 2.45) is 5.73 Å². The molecular weight excluding hydrogens is 180 g/mol. The van der Waals surface area contributed by atoms with E-state index in [0.29, 0.717) is 0 Å². The minimum Gasteiger partial charge on any atom is -0.325 e. The highest BCUT2D eigenvalue weighted by atomic mass is 16.6. The zero-order chi connectivity index (χ0) is 10.2. The van der Waals surface area contributed by atoms with Crippen molar-refractivity contribution in [3.05, 3.63) is 39.9 Å². The maximum absolute atomic E-state index is 10.5. The maximum atomic E-state index is 10.5. The lowest BCUT2D eigenvalue weighted by Crippen LogP contribution is -2.24. The number of hydrogen-bond donors (Lipinski definition) is 1. The van der Waals surface area contributed by atoms with Crippen LogP contribution in [0.1, 0.15) is 18.4 Å². The molecule has 0 radical (unpaired) electrons. The molecule has 2 rings (SSSR count). The molecule has 1 aliphatic carbocycles. The summed E-state index contributed by atoms with van der Waals surface area (Å²) < 4.78 is 0. The fraction of sp³-hybridized carbons (Fsp3) is 0.400. The summed E-state index contributed by atoms with van der Waals surface area (Å²) in [6, 6.07) is 6.70. The van der Waals surface area contributed by atoms with Crippen LogP contribution in [0.4, 0.5) is 5.69 Å². The number of benzene rings is 1. The number of nitro groups is 1. The molecule has 0 saturated heterocycles. The highest BCUT2D eigenvalue weighted by Crippen LogP contribution is 2.35. The Bertz CT molecular complexity index is 372. The van der Waals surface area contributed by atoms with Crippen molar-refractivity contribution in [3.8, 4) is 0 Å². The van der Waals surface area contributed by atoms with Gasteiger partial charge >= 0.3 is 0 Å². The average molecular weight is 192 g/mol. The second-order valence-corrected chi connectivity index (χ2v) is 3.97. The molecule has 2 N–H and O–H groups in total. The number of hydrogen-bond acceptors (Lipinski definition) is 3. The average Bonchev–Trinajstić information content (AvgIpc) is 2.83. The van der Waals surface area contributed by atoms with Crippen LogP contribution in [0, 0.1) is 10.1 Å². The molecule has 1 aromatic carbocycles. The lowest BCUT2D eigenvalue weighted by molar-refractivity contribution is -0.384. The highest BCUT2D eigenvalue weighted by Gasteiger charge is 2.38. The normalized spacial score (nSPS) is 17.8. The molecule has 1 aliphatic rings. The second-order valence-electron chi connectivity index (χ2n) is 3.97. The van der Waals surface area contributed by atoms with Gasteiger partial charge in [-0.25, -0.2) is 0 Å². The summed E-state index contributed by atoms with van der Waals surface area (Å²) in [7, 11) is 0. The number of non-ortho nitro benzene ring substituents is 1. The van der Waals surface area contributed by atoms with Gasteiger partial charge in [-0.1, -0.05) is 12.1 Å². The maximum Gasteiger partial charge on any atom is 0.269 e. The van der Waals surface area contributed by atoms with Gasteiger partial charge in [-0.2, -0.15) is 0 Å². The minimum absolute atomic E-state index is 0.0881. The van der Waals surface area contributed by atoms with Crippen LogP contribution < -0.4 is 5.73 Å². The van der Waals surface area contributed by atoms with E-state index in [0.717, 1.165) is 24.8 Å². The summed E-state index contributed by atoms with van der Waals surface area (Å²) in [6.45, 7) is 0. The summed E-state index contributed by atoms with van der Waals surface area (Å²) in [5, 5.41) is 10.5. The third-order valence-electron chi connectivity index (χ3n) is 2.57. The summed E-state index contributed by atoms with van der Waals surface area (Å²) >= 11 is 0. The van der Waals surface area contributed by atoms with Crippen molar-refractivity contribution in [2.75, 3.05) is 0 Å². The molecule has 0 amide bonds. The van der Waals surface area contributed by atoms with E-state index in [9.17, 15) is 10.1 Å². The largest absolute Gasteiger partial charge is 0.325 e. The number of nitrogens with zero attached hydrogens (tertiary/aromatic N) is 1. The van der Waals surface area contributed by atoms with Gasteiger partial charge in [0.1, 0.15) is 0 Å². The lowest BCUT2D eigenvalue weighted by Gasteiger charge is -2.07. The summed E-state index contributed by atoms with van der Waals surface area (Å²) in [5.74, 6) is 0. The standard InChI is InChI=1S/C10H12N2O2/c11-10(4-5-10)7-8-2-1-3-9(6-8)12(13)14/h1-3,6H,4-5,7,11H2. The van der Waals surface area contributed by atoms with E-state index in [1.807, 2.05) is 6.07 Å². The van der Waals surface area contributed by atoms with Gasteiger partial charge in [-0.3, -0.25) is 10.1 Å². The first-order valence-corrected chi connectivity index (χ1v) is 4.61. The Morgan fingerprint density at radius 1 is 1.50 bits per heavy atom. The first-order chi connectivity index (χ1) is 6.59. The fourth-order valence-electron chi connectivity index (χ4n) is 1.52. The molecule has 4 heteroatoms. The Morgan fingerprint density at radius 3 is 2.79 bits per heavy atom. The molecule has 0 aromatic heterocycles. The van der Waals surface area contributed by atoms with Crippen LogP contribution in [0.25, 0.3) is 0 Å². The minimum atomic E-state index is -0.375. The third-order valence-corrected chi connectivity index (χ3v) is 2.57. The molecule has 1 saturated carbocycles. The van der Waals surface area contributed by atoms with Gasteiger partial charge < -0.3 is 5.73 Å². The Balaban J connectivity index is 2.17. The van der Waals surface area contributed by atoms with E-state index < -0.39 is 0 Å². The van der Waals surface area contributed by atoms with Crippen molar-refractivity contribution in [1.82, 2.24) is 0 Å². The van der Waals surface area contributed by atoms with Crippen molar-refractivity contribution >= 4 is 5.69 Å². The number of nitro benzene ring substituents is 1. The first-order valence-electron chi connectivity index (χ1n) is 4.61. The Kier molecular flexibility index (Phi) is 2.00. The molecule has 14 heavy (non-hydrogen) atoms. The van der Waals surface area contributed by atoms with E-state index >= 15 is 0 Å². The third kappa shape index (κ3) is 1.90. The summed E-state index contributed by atoms with van der Waals surface area (Å²) in [4.78, 5) is 10.1. The molecule has 1 fully saturated rings. The van der Waals surface area contributed by atoms with E-state index in [1.165, 1.54) is 6.07 Å².